The van der Waals surface area contributed by atoms with Gasteiger partial charge in [-0.15, -0.1) is 11.8 Å². The van der Waals surface area contributed by atoms with E-state index >= 15 is 0 Å². The number of hydrogen-bond acceptors (Lipinski definition) is 3. The van der Waals surface area contributed by atoms with Gasteiger partial charge in [-0.2, -0.15) is 0 Å². The number of benzene rings is 2. The number of rotatable bonds is 11. The molecule has 0 radical (unpaired) electrons. The Kier molecular flexibility index (Phi) is 9.87. The maximum atomic E-state index is 13.8. The Morgan fingerprint density at radius 3 is 2.40 bits per heavy atom. The highest BCUT2D eigenvalue weighted by atomic mass is 32.2. The van der Waals surface area contributed by atoms with E-state index in [0.717, 1.165) is 12.0 Å². The second kappa shape index (κ2) is 12.4. The van der Waals surface area contributed by atoms with Crippen molar-refractivity contribution in [3.05, 3.63) is 71.5 Å². The molecule has 2 amide bonds. The zero-order valence-electron chi connectivity index (χ0n) is 17.9. The minimum absolute atomic E-state index is 0.0569. The molecule has 1 N–H and O–H groups in total. The van der Waals surface area contributed by atoms with E-state index in [-0.39, 0.29) is 29.4 Å². The maximum absolute atomic E-state index is 13.8. The average molecular weight is 431 g/mol. The van der Waals surface area contributed by atoms with Gasteiger partial charge < -0.3 is 10.2 Å². The quantitative estimate of drug-likeness (QED) is 0.574. The molecular weight excluding hydrogens is 399 g/mol. The summed E-state index contributed by atoms with van der Waals surface area (Å²) in [4.78, 5) is 27.3. The van der Waals surface area contributed by atoms with Crippen molar-refractivity contribution in [2.45, 2.75) is 51.4 Å². The SMILES string of the molecule is CC[C@@H](C)NC(=O)[C@H](C)N(CCc1ccccc1)C(=O)CSCc1ccccc1F. The molecule has 0 saturated carbocycles. The van der Waals surface area contributed by atoms with E-state index in [1.807, 2.05) is 44.2 Å². The van der Waals surface area contributed by atoms with Gasteiger partial charge >= 0.3 is 0 Å². The summed E-state index contributed by atoms with van der Waals surface area (Å²) in [7, 11) is 0. The molecule has 0 aliphatic rings. The van der Waals surface area contributed by atoms with E-state index in [0.29, 0.717) is 24.3 Å². The smallest absolute Gasteiger partial charge is 0.242 e. The van der Waals surface area contributed by atoms with Crippen LogP contribution in [0.2, 0.25) is 0 Å². The molecule has 0 bridgehead atoms. The molecule has 2 rings (SSSR count). The lowest BCUT2D eigenvalue weighted by Gasteiger charge is -2.29. The van der Waals surface area contributed by atoms with Crippen LogP contribution in [0.4, 0.5) is 4.39 Å². The van der Waals surface area contributed by atoms with Crippen molar-refractivity contribution in [3.63, 3.8) is 0 Å². The molecule has 4 nitrogen and oxygen atoms in total. The van der Waals surface area contributed by atoms with E-state index < -0.39 is 6.04 Å². The van der Waals surface area contributed by atoms with E-state index in [1.54, 1.807) is 30.0 Å². The van der Waals surface area contributed by atoms with Crippen LogP contribution in [0.3, 0.4) is 0 Å². The molecule has 0 unspecified atom stereocenters. The summed E-state index contributed by atoms with van der Waals surface area (Å²) in [5.41, 5.74) is 1.69. The van der Waals surface area contributed by atoms with Crippen LogP contribution in [0.15, 0.2) is 54.6 Å². The molecule has 0 aliphatic heterocycles. The molecule has 0 aromatic heterocycles. The number of carbonyl (C=O) groups excluding carboxylic acids is 2. The van der Waals surface area contributed by atoms with Gasteiger partial charge in [0.05, 0.1) is 5.75 Å². The highest BCUT2D eigenvalue weighted by Gasteiger charge is 2.26. The number of nitrogens with one attached hydrogen (secondary N) is 1. The Balaban J connectivity index is 2.01. The predicted octanol–water partition coefficient (Wildman–Crippen LogP) is 4.43. The second-order valence-electron chi connectivity index (χ2n) is 7.40. The fraction of sp³-hybridized carbons (Fsp3) is 0.417. The monoisotopic (exact) mass is 430 g/mol. The second-order valence-corrected chi connectivity index (χ2v) is 8.39. The Morgan fingerprint density at radius 1 is 1.07 bits per heavy atom. The minimum Gasteiger partial charge on any atom is -0.352 e. The van der Waals surface area contributed by atoms with Crippen LogP contribution in [0, 0.1) is 5.82 Å². The number of hydrogen-bond donors (Lipinski definition) is 1. The highest BCUT2D eigenvalue weighted by Crippen LogP contribution is 2.17. The zero-order valence-corrected chi connectivity index (χ0v) is 18.8. The third kappa shape index (κ3) is 7.48. The fourth-order valence-electron chi connectivity index (χ4n) is 2.98. The topological polar surface area (TPSA) is 49.4 Å². The molecule has 0 fully saturated rings. The van der Waals surface area contributed by atoms with Gasteiger partial charge in [0.1, 0.15) is 11.9 Å². The summed E-state index contributed by atoms with van der Waals surface area (Å²) in [6.45, 7) is 6.18. The first-order chi connectivity index (χ1) is 14.4. The lowest BCUT2D eigenvalue weighted by molar-refractivity contribution is -0.138. The molecule has 2 atom stereocenters. The van der Waals surface area contributed by atoms with Gasteiger partial charge in [-0.3, -0.25) is 9.59 Å². The summed E-state index contributed by atoms with van der Waals surface area (Å²) < 4.78 is 13.8. The van der Waals surface area contributed by atoms with Crippen LogP contribution in [0.25, 0.3) is 0 Å². The molecule has 30 heavy (non-hydrogen) atoms. The summed E-state index contributed by atoms with van der Waals surface area (Å²) >= 11 is 1.36. The van der Waals surface area contributed by atoms with Crippen LogP contribution in [0.5, 0.6) is 0 Å². The third-order valence-electron chi connectivity index (χ3n) is 5.09. The lowest BCUT2D eigenvalue weighted by Crippen LogP contribution is -2.51. The minimum atomic E-state index is -0.565. The van der Waals surface area contributed by atoms with Gasteiger partial charge in [0.15, 0.2) is 0 Å². The van der Waals surface area contributed by atoms with Crippen molar-refractivity contribution in [3.8, 4) is 0 Å². The fourth-order valence-corrected chi connectivity index (χ4v) is 3.88. The van der Waals surface area contributed by atoms with Crippen LogP contribution in [-0.4, -0.2) is 41.1 Å². The molecule has 2 aromatic carbocycles. The predicted molar refractivity (Wildman–Crippen MR) is 122 cm³/mol. The average Bonchev–Trinajstić information content (AvgIpc) is 2.75. The number of amides is 2. The van der Waals surface area contributed by atoms with E-state index in [9.17, 15) is 14.0 Å². The molecule has 0 aliphatic carbocycles. The summed E-state index contributed by atoms with van der Waals surface area (Å²) in [5, 5.41) is 2.96. The number of halogens is 1. The van der Waals surface area contributed by atoms with Crippen LogP contribution >= 0.6 is 11.8 Å². The summed E-state index contributed by atoms with van der Waals surface area (Å²) in [6.07, 6.45) is 1.50. The lowest BCUT2D eigenvalue weighted by atomic mass is 10.1. The zero-order chi connectivity index (χ0) is 21.9. The molecule has 6 heteroatoms. The summed E-state index contributed by atoms with van der Waals surface area (Å²) in [6, 6.07) is 16.0. The van der Waals surface area contributed by atoms with Gasteiger partial charge in [-0.25, -0.2) is 4.39 Å². The Morgan fingerprint density at radius 2 is 1.73 bits per heavy atom. The van der Waals surface area contributed by atoms with Crippen LogP contribution in [-0.2, 0) is 21.8 Å². The van der Waals surface area contributed by atoms with Gasteiger partial charge in [0.25, 0.3) is 0 Å². The first-order valence-corrected chi connectivity index (χ1v) is 11.5. The Labute approximate surface area is 183 Å². The first kappa shape index (κ1) is 23.9. The molecule has 0 spiro atoms. The van der Waals surface area contributed by atoms with Gasteiger partial charge in [0, 0.05) is 18.3 Å². The van der Waals surface area contributed by atoms with Crippen molar-refractivity contribution < 1.29 is 14.0 Å². The van der Waals surface area contributed by atoms with Gasteiger partial charge in [-0.1, -0.05) is 55.5 Å². The van der Waals surface area contributed by atoms with Crippen molar-refractivity contribution in [1.82, 2.24) is 10.2 Å². The Bertz CT molecular complexity index is 816. The molecule has 0 heterocycles. The largest absolute Gasteiger partial charge is 0.352 e. The van der Waals surface area contributed by atoms with Crippen molar-refractivity contribution in [2.24, 2.45) is 0 Å². The molecular formula is C24H31FN2O2S. The van der Waals surface area contributed by atoms with E-state index in [4.69, 9.17) is 0 Å². The Hall–Kier alpha value is -2.34. The third-order valence-corrected chi connectivity index (χ3v) is 6.06. The van der Waals surface area contributed by atoms with Crippen LogP contribution < -0.4 is 5.32 Å². The van der Waals surface area contributed by atoms with Crippen molar-refractivity contribution >= 4 is 23.6 Å². The van der Waals surface area contributed by atoms with E-state index in [2.05, 4.69) is 5.32 Å². The maximum Gasteiger partial charge on any atom is 0.242 e. The van der Waals surface area contributed by atoms with Crippen LogP contribution in [0.1, 0.15) is 38.3 Å². The molecule has 162 valence electrons. The summed E-state index contributed by atoms with van der Waals surface area (Å²) in [5.74, 6) is 0.0891. The standard InChI is InChI=1S/C24H31FN2O2S/c1-4-18(2)26-24(29)19(3)27(15-14-20-10-6-5-7-11-20)23(28)17-30-16-21-12-8-9-13-22(21)25/h5-13,18-19H,4,14-17H2,1-3H3,(H,26,29)/t18-,19+/m1/s1. The highest BCUT2D eigenvalue weighted by molar-refractivity contribution is 7.99. The first-order valence-electron chi connectivity index (χ1n) is 10.4. The van der Waals surface area contributed by atoms with Crippen molar-refractivity contribution in [1.29, 1.82) is 0 Å². The normalized spacial score (nSPS) is 12.8. The molecule has 2 aromatic rings. The number of thioether (sulfide) groups is 1. The van der Waals surface area contributed by atoms with Crippen molar-refractivity contribution in [2.75, 3.05) is 12.3 Å². The van der Waals surface area contributed by atoms with E-state index in [1.165, 1.54) is 17.8 Å². The van der Waals surface area contributed by atoms with Gasteiger partial charge in [0.2, 0.25) is 11.8 Å². The number of nitrogens with zero attached hydrogens (tertiary/aromatic N) is 1. The molecule has 0 saturated heterocycles. The number of carbonyl (C=O) groups is 2. The van der Waals surface area contributed by atoms with Gasteiger partial charge in [-0.05, 0) is 43.9 Å².